The summed E-state index contributed by atoms with van der Waals surface area (Å²) < 4.78 is 0.828. The molecule has 0 aliphatic carbocycles. The van der Waals surface area contributed by atoms with Gasteiger partial charge in [-0.05, 0) is 36.5 Å². The molecule has 0 spiro atoms. The first-order chi connectivity index (χ1) is 13.9. The molecule has 0 aliphatic heterocycles. The number of anilines is 2. The van der Waals surface area contributed by atoms with Crippen molar-refractivity contribution in [2.24, 2.45) is 0 Å². The number of nitro groups is 1. The predicted molar refractivity (Wildman–Crippen MR) is 115 cm³/mol. The van der Waals surface area contributed by atoms with Gasteiger partial charge in [0.25, 0.3) is 11.6 Å². The molecule has 2 aromatic carbocycles. The Morgan fingerprint density at radius 2 is 2.00 bits per heavy atom. The van der Waals surface area contributed by atoms with Crippen molar-refractivity contribution in [1.29, 1.82) is 0 Å². The van der Waals surface area contributed by atoms with Crippen molar-refractivity contribution in [3.8, 4) is 0 Å². The van der Waals surface area contributed by atoms with Crippen LogP contribution in [0.25, 0.3) is 10.2 Å². The van der Waals surface area contributed by atoms with Gasteiger partial charge in [0.1, 0.15) is 0 Å². The van der Waals surface area contributed by atoms with Crippen molar-refractivity contribution < 1.29 is 14.5 Å². The topological polar surface area (TPSA) is 126 Å². The largest absolute Gasteiger partial charge is 0.332 e. The molecule has 0 atom stereocenters. The molecule has 1 aromatic heterocycles. The molecule has 0 unspecified atom stereocenters. The number of thiocarbonyl (C=S) groups is 1. The van der Waals surface area contributed by atoms with E-state index in [0.29, 0.717) is 17.2 Å². The summed E-state index contributed by atoms with van der Waals surface area (Å²) in [5.41, 5.74) is 1.29. The van der Waals surface area contributed by atoms with Crippen molar-refractivity contribution in [2.45, 2.75) is 13.3 Å². The lowest BCUT2D eigenvalue weighted by Gasteiger charge is -2.09. The lowest BCUT2D eigenvalue weighted by Crippen LogP contribution is -2.34. The zero-order valence-corrected chi connectivity index (χ0v) is 16.7. The molecule has 29 heavy (non-hydrogen) atoms. The number of benzene rings is 2. The highest BCUT2D eigenvalue weighted by atomic mass is 32.1. The number of carbonyl (C=O) groups excluding carboxylic acids is 2. The van der Waals surface area contributed by atoms with Crippen molar-refractivity contribution in [3.05, 3.63) is 58.1 Å². The van der Waals surface area contributed by atoms with Crippen LogP contribution in [0.2, 0.25) is 0 Å². The van der Waals surface area contributed by atoms with Gasteiger partial charge in [0.05, 0.1) is 15.1 Å². The van der Waals surface area contributed by atoms with Crippen LogP contribution in [0.3, 0.4) is 0 Å². The maximum atomic E-state index is 12.3. The number of carbonyl (C=O) groups is 2. The zero-order valence-electron chi connectivity index (χ0n) is 15.1. The van der Waals surface area contributed by atoms with E-state index in [2.05, 4.69) is 20.9 Å². The van der Waals surface area contributed by atoms with Gasteiger partial charge < -0.3 is 10.6 Å². The van der Waals surface area contributed by atoms with E-state index < -0.39 is 10.8 Å². The molecule has 11 heteroatoms. The van der Waals surface area contributed by atoms with Crippen LogP contribution in [-0.2, 0) is 4.79 Å². The number of nitrogens with one attached hydrogen (secondary N) is 3. The Morgan fingerprint density at radius 1 is 1.21 bits per heavy atom. The Kier molecular flexibility index (Phi) is 6.10. The lowest BCUT2D eigenvalue weighted by molar-refractivity contribution is -0.384. The minimum Gasteiger partial charge on any atom is -0.332 e. The van der Waals surface area contributed by atoms with Crippen molar-refractivity contribution in [1.82, 2.24) is 10.3 Å². The average Bonchev–Trinajstić information content (AvgIpc) is 3.09. The molecule has 0 fully saturated rings. The van der Waals surface area contributed by atoms with Crippen LogP contribution in [0.5, 0.6) is 0 Å². The maximum absolute atomic E-state index is 12.3. The number of fused-ring (bicyclic) bond motifs is 1. The Bertz CT molecular complexity index is 1130. The van der Waals surface area contributed by atoms with E-state index in [4.69, 9.17) is 12.2 Å². The quantitative estimate of drug-likeness (QED) is 0.321. The van der Waals surface area contributed by atoms with Crippen LogP contribution in [0.1, 0.15) is 23.7 Å². The fourth-order valence-corrected chi connectivity index (χ4v) is 3.49. The van der Waals surface area contributed by atoms with Crippen LogP contribution in [-0.4, -0.2) is 26.8 Å². The van der Waals surface area contributed by atoms with E-state index >= 15 is 0 Å². The van der Waals surface area contributed by atoms with Gasteiger partial charge in [-0.3, -0.25) is 25.0 Å². The Morgan fingerprint density at radius 3 is 2.72 bits per heavy atom. The molecule has 1 heterocycles. The fraction of sp³-hybridized carbons (Fsp3) is 0.111. The SMILES string of the molecule is CCC(=O)Nc1nc2ccc(NC(=S)NC(=O)c3cccc([N+](=O)[O-])c3)cc2s1. The molecule has 9 nitrogen and oxygen atoms in total. The monoisotopic (exact) mass is 429 g/mol. The number of hydrogen-bond donors (Lipinski definition) is 3. The second kappa shape index (κ2) is 8.71. The number of aromatic nitrogens is 1. The van der Waals surface area contributed by atoms with E-state index in [1.165, 1.54) is 35.6 Å². The molecule has 0 aliphatic rings. The van der Waals surface area contributed by atoms with Gasteiger partial charge in [0.2, 0.25) is 5.91 Å². The Labute approximate surface area is 174 Å². The molecule has 2 amide bonds. The Balaban J connectivity index is 1.67. The number of hydrogen-bond acceptors (Lipinski definition) is 7. The highest BCUT2D eigenvalue weighted by Gasteiger charge is 2.13. The van der Waals surface area contributed by atoms with Crippen LogP contribution >= 0.6 is 23.6 Å². The number of thiazole rings is 1. The fourth-order valence-electron chi connectivity index (χ4n) is 2.36. The third kappa shape index (κ3) is 5.09. The minimum absolute atomic E-state index is 0.0462. The van der Waals surface area contributed by atoms with Gasteiger partial charge in [-0.2, -0.15) is 0 Å². The van der Waals surface area contributed by atoms with E-state index in [9.17, 15) is 19.7 Å². The first-order valence-corrected chi connectivity index (χ1v) is 9.65. The predicted octanol–water partition coefficient (Wildman–Crippen LogP) is 3.68. The van der Waals surface area contributed by atoms with E-state index in [1.54, 1.807) is 25.1 Å². The van der Waals surface area contributed by atoms with Crippen molar-refractivity contribution in [3.63, 3.8) is 0 Å². The smallest absolute Gasteiger partial charge is 0.270 e. The number of non-ortho nitro benzene ring substituents is 1. The molecule has 0 saturated carbocycles. The Hall–Kier alpha value is -3.44. The molecule has 0 bridgehead atoms. The number of nitro benzene ring substituents is 1. The molecule has 3 N–H and O–H groups in total. The third-order valence-corrected chi connectivity index (χ3v) is 4.90. The molecular weight excluding hydrogens is 414 g/mol. The van der Waals surface area contributed by atoms with E-state index in [-0.39, 0.29) is 22.3 Å². The summed E-state index contributed by atoms with van der Waals surface area (Å²) in [4.78, 5) is 38.3. The van der Waals surface area contributed by atoms with Crippen molar-refractivity contribution >= 4 is 67.2 Å². The molecular formula is C18H15N5O4S2. The molecule has 0 radical (unpaired) electrons. The first-order valence-electron chi connectivity index (χ1n) is 8.43. The second-order valence-electron chi connectivity index (χ2n) is 5.82. The van der Waals surface area contributed by atoms with Crippen LogP contribution in [0.4, 0.5) is 16.5 Å². The van der Waals surface area contributed by atoms with E-state index in [1.807, 2.05) is 0 Å². The molecule has 0 saturated heterocycles. The maximum Gasteiger partial charge on any atom is 0.270 e. The summed E-state index contributed by atoms with van der Waals surface area (Å²) in [6, 6.07) is 10.7. The number of amides is 2. The van der Waals surface area contributed by atoms with Gasteiger partial charge in [-0.1, -0.05) is 24.3 Å². The molecule has 148 valence electrons. The summed E-state index contributed by atoms with van der Waals surface area (Å²) in [7, 11) is 0. The van der Waals surface area contributed by atoms with Crippen molar-refractivity contribution in [2.75, 3.05) is 10.6 Å². The summed E-state index contributed by atoms with van der Waals surface area (Å²) >= 11 is 6.47. The van der Waals surface area contributed by atoms with Gasteiger partial charge in [-0.25, -0.2) is 4.98 Å². The number of nitrogens with zero attached hydrogens (tertiary/aromatic N) is 2. The van der Waals surface area contributed by atoms with Gasteiger partial charge in [-0.15, -0.1) is 0 Å². The summed E-state index contributed by atoms with van der Waals surface area (Å²) in [5.74, 6) is -0.679. The van der Waals surface area contributed by atoms with Crippen LogP contribution < -0.4 is 16.0 Å². The van der Waals surface area contributed by atoms with Crippen LogP contribution in [0, 0.1) is 10.1 Å². The highest BCUT2D eigenvalue weighted by molar-refractivity contribution is 7.80. The standard InChI is InChI=1S/C18H15N5O4S2/c1-2-15(24)21-18-20-13-7-6-11(9-14(13)29-18)19-17(28)22-16(25)10-4-3-5-12(8-10)23(26)27/h3-9H,2H2,1H3,(H,20,21,24)(H2,19,22,25,28). The summed E-state index contributed by atoms with van der Waals surface area (Å²) in [6.45, 7) is 1.76. The second-order valence-corrected chi connectivity index (χ2v) is 7.26. The lowest BCUT2D eigenvalue weighted by atomic mass is 10.2. The molecule has 3 rings (SSSR count). The first kappa shape index (κ1) is 20.3. The normalized spacial score (nSPS) is 10.4. The average molecular weight is 429 g/mol. The summed E-state index contributed by atoms with van der Waals surface area (Å²) in [6.07, 6.45) is 0.362. The highest BCUT2D eigenvalue weighted by Crippen LogP contribution is 2.28. The van der Waals surface area contributed by atoms with Gasteiger partial charge >= 0.3 is 0 Å². The third-order valence-electron chi connectivity index (χ3n) is 3.76. The zero-order chi connectivity index (χ0) is 21.0. The van der Waals surface area contributed by atoms with E-state index in [0.717, 1.165) is 10.2 Å². The van der Waals surface area contributed by atoms with Gasteiger partial charge in [0.15, 0.2) is 10.2 Å². The molecule has 3 aromatic rings. The number of rotatable bonds is 5. The van der Waals surface area contributed by atoms with Gasteiger partial charge in [0, 0.05) is 29.8 Å². The minimum atomic E-state index is -0.575. The van der Waals surface area contributed by atoms with Crippen LogP contribution in [0.15, 0.2) is 42.5 Å². The summed E-state index contributed by atoms with van der Waals surface area (Å²) in [5, 5.41) is 19.5.